The molecule has 84 valence electrons. The van der Waals surface area contributed by atoms with Crippen LogP contribution in [0.25, 0.3) is 5.69 Å². The molecule has 0 aliphatic carbocycles. The second-order valence-corrected chi connectivity index (χ2v) is 3.53. The number of para-hydroxylation sites is 1. The van der Waals surface area contributed by atoms with E-state index >= 15 is 0 Å². The SMILES string of the molecule is NCCCNc1nccn1-c1ccccc1. The highest BCUT2D eigenvalue weighted by Crippen LogP contribution is 2.13. The second-order valence-electron chi connectivity index (χ2n) is 3.53. The van der Waals surface area contributed by atoms with E-state index in [0.717, 1.165) is 24.6 Å². The van der Waals surface area contributed by atoms with Crippen LogP contribution in [0.2, 0.25) is 0 Å². The van der Waals surface area contributed by atoms with Crippen molar-refractivity contribution in [3.63, 3.8) is 0 Å². The van der Waals surface area contributed by atoms with Gasteiger partial charge in [0.05, 0.1) is 0 Å². The summed E-state index contributed by atoms with van der Waals surface area (Å²) in [6, 6.07) is 10.1. The smallest absolute Gasteiger partial charge is 0.207 e. The minimum absolute atomic E-state index is 0.693. The van der Waals surface area contributed by atoms with Crippen LogP contribution in [0.3, 0.4) is 0 Å². The molecule has 0 radical (unpaired) electrons. The summed E-state index contributed by atoms with van der Waals surface area (Å²) in [6.07, 6.45) is 4.68. The maximum Gasteiger partial charge on any atom is 0.207 e. The van der Waals surface area contributed by atoms with Gasteiger partial charge in [0.2, 0.25) is 5.95 Å². The third-order valence-corrected chi connectivity index (χ3v) is 2.34. The summed E-state index contributed by atoms with van der Waals surface area (Å²) in [7, 11) is 0. The van der Waals surface area contributed by atoms with Gasteiger partial charge in [-0.25, -0.2) is 4.98 Å². The van der Waals surface area contributed by atoms with Crippen molar-refractivity contribution in [1.82, 2.24) is 9.55 Å². The zero-order valence-corrected chi connectivity index (χ0v) is 9.13. The Kier molecular flexibility index (Phi) is 3.56. The van der Waals surface area contributed by atoms with Crippen molar-refractivity contribution in [2.45, 2.75) is 6.42 Å². The summed E-state index contributed by atoms with van der Waals surface area (Å²) < 4.78 is 2.02. The summed E-state index contributed by atoms with van der Waals surface area (Å²) >= 11 is 0. The number of imidazole rings is 1. The van der Waals surface area contributed by atoms with Gasteiger partial charge in [0, 0.05) is 24.6 Å². The Morgan fingerprint density at radius 1 is 1.25 bits per heavy atom. The zero-order valence-electron chi connectivity index (χ0n) is 9.13. The van der Waals surface area contributed by atoms with E-state index in [0.29, 0.717) is 6.54 Å². The molecular weight excluding hydrogens is 200 g/mol. The topological polar surface area (TPSA) is 55.9 Å². The molecule has 1 aromatic heterocycles. The number of rotatable bonds is 5. The molecule has 0 saturated carbocycles. The van der Waals surface area contributed by atoms with Gasteiger partial charge in [-0.1, -0.05) is 18.2 Å². The van der Waals surface area contributed by atoms with E-state index in [1.165, 1.54) is 0 Å². The first kappa shape index (κ1) is 10.7. The van der Waals surface area contributed by atoms with E-state index in [1.807, 2.05) is 29.0 Å². The fraction of sp³-hybridized carbons (Fsp3) is 0.250. The molecule has 0 atom stereocenters. The van der Waals surface area contributed by atoms with Gasteiger partial charge in [0.25, 0.3) is 0 Å². The number of benzene rings is 1. The Morgan fingerprint density at radius 3 is 2.81 bits per heavy atom. The van der Waals surface area contributed by atoms with Crippen LogP contribution < -0.4 is 11.1 Å². The average Bonchev–Trinajstić information content (AvgIpc) is 2.79. The minimum atomic E-state index is 0.693. The third-order valence-electron chi connectivity index (χ3n) is 2.34. The van der Waals surface area contributed by atoms with Crippen molar-refractivity contribution in [1.29, 1.82) is 0 Å². The van der Waals surface area contributed by atoms with E-state index in [-0.39, 0.29) is 0 Å². The standard InChI is InChI=1S/C12H16N4/c13-7-4-8-14-12-15-9-10-16(12)11-5-2-1-3-6-11/h1-3,5-6,9-10H,4,7-8,13H2,(H,14,15). The van der Waals surface area contributed by atoms with Crippen LogP contribution in [0.4, 0.5) is 5.95 Å². The molecule has 1 aromatic carbocycles. The quantitative estimate of drug-likeness (QED) is 0.747. The number of aromatic nitrogens is 2. The third kappa shape index (κ3) is 2.41. The molecule has 2 aromatic rings. The summed E-state index contributed by atoms with van der Waals surface area (Å²) in [6.45, 7) is 1.54. The van der Waals surface area contributed by atoms with Gasteiger partial charge >= 0.3 is 0 Å². The summed E-state index contributed by atoms with van der Waals surface area (Å²) in [5.74, 6) is 0.861. The largest absolute Gasteiger partial charge is 0.355 e. The molecule has 1 heterocycles. The van der Waals surface area contributed by atoms with E-state index < -0.39 is 0 Å². The fourth-order valence-corrected chi connectivity index (χ4v) is 1.53. The normalized spacial score (nSPS) is 10.3. The molecule has 0 spiro atoms. The van der Waals surface area contributed by atoms with Crippen molar-refractivity contribution in [2.24, 2.45) is 5.73 Å². The van der Waals surface area contributed by atoms with Gasteiger partial charge in [0.15, 0.2) is 0 Å². The predicted molar refractivity (Wildman–Crippen MR) is 65.7 cm³/mol. The van der Waals surface area contributed by atoms with E-state index in [9.17, 15) is 0 Å². The molecular formula is C12H16N4. The molecule has 4 nitrogen and oxygen atoms in total. The van der Waals surface area contributed by atoms with Crippen molar-refractivity contribution in [3.05, 3.63) is 42.7 Å². The van der Waals surface area contributed by atoms with Crippen molar-refractivity contribution in [3.8, 4) is 5.69 Å². The molecule has 3 N–H and O–H groups in total. The molecule has 0 aliphatic rings. The number of hydrogen-bond acceptors (Lipinski definition) is 3. The number of anilines is 1. The van der Waals surface area contributed by atoms with E-state index in [4.69, 9.17) is 5.73 Å². The van der Waals surface area contributed by atoms with Crippen LogP contribution in [0.1, 0.15) is 6.42 Å². The monoisotopic (exact) mass is 216 g/mol. The van der Waals surface area contributed by atoms with Crippen LogP contribution in [-0.2, 0) is 0 Å². The lowest BCUT2D eigenvalue weighted by atomic mass is 10.3. The van der Waals surface area contributed by atoms with Crippen LogP contribution in [0, 0.1) is 0 Å². The molecule has 16 heavy (non-hydrogen) atoms. The highest BCUT2D eigenvalue weighted by Gasteiger charge is 2.02. The Balaban J connectivity index is 2.13. The first-order valence-corrected chi connectivity index (χ1v) is 5.44. The van der Waals surface area contributed by atoms with Crippen LogP contribution in [-0.4, -0.2) is 22.6 Å². The second kappa shape index (κ2) is 5.32. The van der Waals surface area contributed by atoms with Crippen LogP contribution >= 0.6 is 0 Å². The summed E-state index contributed by atoms with van der Waals surface area (Å²) in [5.41, 5.74) is 6.56. The molecule has 0 bridgehead atoms. The first-order valence-electron chi connectivity index (χ1n) is 5.44. The number of nitrogens with two attached hydrogens (primary N) is 1. The lowest BCUT2D eigenvalue weighted by Gasteiger charge is -2.08. The van der Waals surface area contributed by atoms with Gasteiger partial charge < -0.3 is 11.1 Å². The van der Waals surface area contributed by atoms with Crippen molar-refractivity contribution in [2.75, 3.05) is 18.4 Å². The molecule has 0 aliphatic heterocycles. The highest BCUT2D eigenvalue weighted by atomic mass is 15.2. The summed E-state index contributed by atoms with van der Waals surface area (Å²) in [4.78, 5) is 4.28. The van der Waals surface area contributed by atoms with E-state index in [1.54, 1.807) is 6.20 Å². The maximum absolute atomic E-state index is 5.45. The number of nitrogens with one attached hydrogen (secondary N) is 1. The molecule has 0 amide bonds. The molecule has 0 unspecified atom stereocenters. The molecule has 0 fully saturated rings. The Labute approximate surface area is 95.1 Å². The van der Waals surface area contributed by atoms with Gasteiger partial charge in [-0.3, -0.25) is 4.57 Å². The van der Waals surface area contributed by atoms with Gasteiger partial charge in [-0.2, -0.15) is 0 Å². The van der Waals surface area contributed by atoms with Crippen LogP contribution in [0.5, 0.6) is 0 Å². The first-order chi connectivity index (χ1) is 7.92. The van der Waals surface area contributed by atoms with E-state index in [2.05, 4.69) is 22.4 Å². The minimum Gasteiger partial charge on any atom is -0.355 e. The average molecular weight is 216 g/mol. The molecule has 2 rings (SSSR count). The lowest BCUT2D eigenvalue weighted by Crippen LogP contribution is -2.11. The van der Waals surface area contributed by atoms with Gasteiger partial charge in [-0.15, -0.1) is 0 Å². The lowest BCUT2D eigenvalue weighted by molar-refractivity contribution is 0.859. The van der Waals surface area contributed by atoms with Crippen LogP contribution in [0.15, 0.2) is 42.7 Å². The van der Waals surface area contributed by atoms with Gasteiger partial charge in [-0.05, 0) is 25.1 Å². The molecule has 0 saturated heterocycles. The Hall–Kier alpha value is -1.81. The maximum atomic E-state index is 5.45. The predicted octanol–water partition coefficient (Wildman–Crippen LogP) is 1.63. The summed E-state index contributed by atoms with van der Waals surface area (Å²) in [5, 5.41) is 3.26. The van der Waals surface area contributed by atoms with Crippen molar-refractivity contribution < 1.29 is 0 Å². The Morgan fingerprint density at radius 2 is 2.06 bits per heavy atom. The Bertz CT molecular complexity index is 422. The van der Waals surface area contributed by atoms with Crippen molar-refractivity contribution >= 4 is 5.95 Å². The number of hydrogen-bond donors (Lipinski definition) is 2. The zero-order chi connectivity index (χ0) is 11.2. The number of nitrogens with zero attached hydrogens (tertiary/aromatic N) is 2. The fourth-order valence-electron chi connectivity index (χ4n) is 1.53. The van der Waals surface area contributed by atoms with Gasteiger partial charge in [0.1, 0.15) is 0 Å². The highest BCUT2D eigenvalue weighted by molar-refractivity contribution is 5.41. The molecule has 4 heteroatoms.